The van der Waals surface area contributed by atoms with E-state index in [0.717, 1.165) is 32.5 Å². The van der Waals surface area contributed by atoms with E-state index in [1.54, 1.807) is 11.8 Å². The van der Waals surface area contributed by atoms with Gasteiger partial charge in [0.2, 0.25) is 0 Å². The third kappa shape index (κ3) is 9.99. The number of hydrogen-bond acceptors (Lipinski definition) is 5. The van der Waals surface area contributed by atoms with E-state index < -0.39 is 0 Å². The predicted molar refractivity (Wildman–Crippen MR) is 107 cm³/mol. The topological polar surface area (TPSA) is 59.1 Å². The molecule has 27 heavy (non-hydrogen) atoms. The molecule has 0 spiro atoms. The Morgan fingerprint density at radius 3 is 2.22 bits per heavy atom. The normalized spacial score (nSPS) is 10.7. The van der Waals surface area contributed by atoms with Crippen LogP contribution in [0.15, 0.2) is 30.3 Å². The van der Waals surface area contributed by atoms with Crippen LogP contribution in [0.4, 0.5) is 0 Å². The van der Waals surface area contributed by atoms with Gasteiger partial charge in [-0.15, -0.1) is 0 Å². The number of rotatable bonds is 14. The van der Waals surface area contributed by atoms with Crippen LogP contribution < -0.4 is 4.74 Å². The van der Waals surface area contributed by atoms with E-state index in [-0.39, 0.29) is 24.9 Å². The molecule has 1 amide bonds. The molecule has 0 aliphatic rings. The van der Waals surface area contributed by atoms with E-state index in [1.165, 1.54) is 0 Å². The van der Waals surface area contributed by atoms with Crippen LogP contribution in [0.2, 0.25) is 0 Å². The molecule has 0 aliphatic carbocycles. The fourth-order valence-electron chi connectivity index (χ4n) is 2.75. The quantitative estimate of drug-likeness (QED) is 0.368. The third-order valence-corrected chi connectivity index (χ3v) is 4.40. The number of nitrogens with zero attached hydrogens (tertiary/aromatic N) is 2. The van der Waals surface area contributed by atoms with Crippen LogP contribution in [0.3, 0.4) is 0 Å². The number of amides is 1. The summed E-state index contributed by atoms with van der Waals surface area (Å²) < 4.78 is 10.5. The van der Waals surface area contributed by atoms with Gasteiger partial charge in [-0.1, -0.05) is 32.0 Å². The van der Waals surface area contributed by atoms with Crippen molar-refractivity contribution in [3.63, 3.8) is 0 Å². The lowest BCUT2D eigenvalue weighted by Gasteiger charge is -2.23. The number of para-hydroxylation sites is 1. The van der Waals surface area contributed by atoms with Gasteiger partial charge in [0, 0.05) is 13.1 Å². The molecule has 0 fully saturated rings. The molecular formula is C21H34N2O4. The summed E-state index contributed by atoms with van der Waals surface area (Å²) in [6, 6.07) is 9.27. The van der Waals surface area contributed by atoms with Crippen LogP contribution in [0.25, 0.3) is 0 Å². The Morgan fingerprint density at radius 1 is 0.926 bits per heavy atom. The monoisotopic (exact) mass is 378 g/mol. The van der Waals surface area contributed by atoms with Crippen LogP contribution >= 0.6 is 0 Å². The average Bonchev–Trinajstić information content (AvgIpc) is 2.69. The van der Waals surface area contributed by atoms with Crippen LogP contribution in [0.1, 0.15) is 40.0 Å². The first kappa shape index (κ1) is 23.0. The van der Waals surface area contributed by atoms with Crippen molar-refractivity contribution in [1.82, 2.24) is 9.80 Å². The second-order valence-electron chi connectivity index (χ2n) is 6.27. The maximum atomic E-state index is 12.6. The number of esters is 1. The number of ether oxygens (including phenoxy) is 2. The minimum Gasteiger partial charge on any atom is -0.484 e. The lowest BCUT2D eigenvalue weighted by molar-refractivity contribution is -0.144. The molecular weight excluding hydrogens is 344 g/mol. The first-order valence-electron chi connectivity index (χ1n) is 9.94. The Kier molecular flexibility index (Phi) is 11.9. The van der Waals surface area contributed by atoms with Gasteiger partial charge >= 0.3 is 5.97 Å². The lowest BCUT2D eigenvalue weighted by Crippen LogP contribution is -2.37. The Labute approximate surface area is 163 Å². The molecule has 6 nitrogen and oxygen atoms in total. The molecule has 0 aromatic heterocycles. The third-order valence-electron chi connectivity index (χ3n) is 4.40. The van der Waals surface area contributed by atoms with Gasteiger partial charge < -0.3 is 19.3 Å². The highest BCUT2D eigenvalue weighted by Crippen LogP contribution is 2.09. The van der Waals surface area contributed by atoms with E-state index in [9.17, 15) is 9.59 Å². The Morgan fingerprint density at radius 2 is 1.59 bits per heavy atom. The highest BCUT2D eigenvalue weighted by molar-refractivity contribution is 5.78. The summed E-state index contributed by atoms with van der Waals surface area (Å²) in [7, 11) is 0. The molecule has 0 radical (unpaired) electrons. The van der Waals surface area contributed by atoms with Crippen molar-refractivity contribution in [2.24, 2.45) is 0 Å². The molecule has 1 aromatic rings. The maximum absolute atomic E-state index is 12.6. The van der Waals surface area contributed by atoms with E-state index in [2.05, 4.69) is 18.7 Å². The molecule has 0 aliphatic heterocycles. The molecule has 0 bridgehead atoms. The van der Waals surface area contributed by atoms with E-state index >= 15 is 0 Å². The molecule has 0 atom stereocenters. The zero-order valence-electron chi connectivity index (χ0n) is 17.0. The molecule has 0 N–H and O–H groups in total. The van der Waals surface area contributed by atoms with Gasteiger partial charge in [-0.05, 0) is 51.5 Å². The van der Waals surface area contributed by atoms with Crippen molar-refractivity contribution >= 4 is 11.9 Å². The van der Waals surface area contributed by atoms with E-state index in [4.69, 9.17) is 9.47 Å². The minimum absolute atomic E-state index is 0.0249. The van der Waals surface area contributed by atoms with Crippen molar-refractivity contribution in [2.75, 3.05) is 45.9 Å². The minimum atomic E-state index is -0.276. The Hall–Kier alpha value is -2.08. The van der Waals surface area contributed by atoms with Gasteiger partial charge in [-0.3, -0.25) is 9.59 Å². The summed E-state index contributed by atoms with van der Waals surface area (Å²) in [4.78, 5) is 28.3. The Bertz CT molecular complexity index is 532. The van der Waals surface area contributed by atoms with Gasteiger partial charge in [-0.25, -0.2) is 0 Å². The molecule has 1 aromatic carbocycles. The molecule has 0 unspecified atom stereocenters. The van der Waals surface area contributed by atoms with Crippen molar-refractivity contribution in [3.05, 3.63) is 30.3 Å². The van der Waals surface area contributed by atoms with Crippen molar-refractivity contribution in [1.29, 1.82) is 0 Å². The lowest BCUT2D eigenvalue weighted by atomic mass is 10.2. The highest BCUT2D eigenvalue weighted by atomic mass is 16.5. The SMILES string of the molecule is CCOC(=O)CCN(CCCCN(CC)CC)C(=O)COc1ccccc1. The number of hydrogen-bond donors (Lipinski definition) is 0. The second-order valence-corrected chi connectivity index (χ2v) is 6.27. The van der Waals surface area contributed by atoms with E-state index in [1.807, 2.05) is 30.3 Å². The summed E-state index contributed by atoms with van der Waals surface area (Å²) in [6.07, 6.45) is 2.13. The second kappa shape index (κ2) is 14.0. The summed E-state index contributed by atoms with van der Waals surface area (Å²) in [5.74, 6) is 0.283. The van der Waals surface area contributed by atoms with Crippen LogP contribution in [0.5, 0.6) is 5.75 Å². The first-order chi connectivity index (χ1) is 13.1. The largest absolute Gasteiger partial charge is 0.484 e. The van der Waals surface area contributed by atoms with Crippen molar-refractivity contribution in [3.8, 4) is 5.75 Å². The molecule has 0 heterocycles. The van der Waals surface area contributed by atoms with Gasteiger partial charge in [0.25, 0.3) is 5.91 Å². The van der Waals surface area contributed by atoms with Gasteiger partial charge in [-0.2, -0.15) is 0 Å². The maximum Gasteiger partial charge on any atom is 0.307 e. The van der Waals surface area contributed by atoms with Crippen LogP contribution in [0, 0.1) is 0 Å². The van der Waals surface area contributed by atoms with E-state index in [0.29, 0.717) is 25.4 Å². The first-order valence-corrected chi connectivity index (χ1v) is 9.94. The number of carbonyl (C=O) groups excluding carboxylic acids is 2. The molecule has 0 saturated carbocycles. The Balaban J connectivity index is 2.49. The summed E-state index contributed by atoms with van der Waals surface area (Å²) in [6.45, 7) is 10.5. The number of unbranched alkanes of at least 4 members (excludes halogenated alkanes) is 1. The van der Waals surface area contributed by atoms with Crippen molar-refractivity contribution < 1.29 is 19.1 Å². The zero-order chi connectivity index (χ0) is 19.9. The van der Waals surface area contributed by atoms with Gasteiger partial charge in [0.1, 0.15) is 5.75 Å². The fraction of sp³-hybridized carbons (Fsp3) is 0.619. The average molecular weight is 379 g/mol. The zero-order valence-corrected chi connectivity index (χ0v) is 17.0. The fourth-order valence-corrected chi connectivity index (χ4v) is 2.75. The standard InChI is InChI=1S/C21H34N2O4/c1-4-22(5-2)15-10-11-16-23(17-14-21(25)26-6-3)20(24)18-27-19-12-8-7-9-13-19/h7-9,12-13H,4-6,10-11,14-18H2,1-3H3. The molecule has 152 valence electrons. The number of benzene rings is 1. The highest BCUT2D eigenvalue weighted by Gasteiger charge is 2.16. The summed E-state index contributed by atoms with van der Waals surface area (Å²) >= 11 is 0. The smallest absolute Gasteiger partial charge is 0.307 e. The van der Waals surface area contributed by atoms with Crippen molar-refractivity contribution in [2.45, 2.75) is 40.0 Å². The number of carbonyl (C=O) groups is 2. The van der Waals surface area contributed by atoms with Crippen LogP contribution in [-0.2, 0) is 14.3 Å². The summed E-state index contributed by atoms with van der Waals surface area (Å²) in [5.41, 5.74) is 0. The predicted octanol–water partition coefficient (Wildman–Crippen LogP) is 2.97. The van der Waals surface area contributed by atoms with Crippen LogP contribution in [-0.4, -0.2) is 67.6 Å². The molecule has 6 heteroatoms. The molecule has 0 saturated heterocycles. The van der Waals surface area contributed by atoms with Gasteiger partial charge in [0.15, 0.2) is 6.61 Å². The van der Waals surface area contributed by atoms with Gasteiger partial charge in [0.05, 0.1) is 13.0 Å². The molecule has 1 rings (SSSR count). The summed E-state index contributed by atoms with van der Waals surface area (Å²) in [5, 5.41) is 0.